The first-order valence-corrected chi connectivity index (χ1v) is 7.33. The number of benzene rings is 1. The second kappa shape index (κ2) is 10.9. The molecule has 0 radical (unpaired) electrons. The highest BCUT2D eigenvalue weighted by Gasteiger charge is 2.12. The van der Waals surface area contributed by atoms with Gasteiger partial charge in [0.2, 0.25) is 0 Å². The molecule has 6 nitrogen and oxygen atoms in total. The number of hydrogen-bond donors (Lipinski definition) is 2. The lowest BCUT2D eigenvalue weighted by Gasteiger charge is -2.17. The molecule has 0 aliphatic carbocycles. The molecule has 0 aromatic heterocycles. The molecule has 0 saturated heterocycles. The average molecular weight is 331 g/mol. The molecule has 7 heteroatoms. The third kappa shape index (κ3) is 8.49. The van der Waals surface area contributed by atoms with E-state index in [9.17, 15) is 4.79 Å². The summed E-state index contributed by atoms with van der Waals surface area (Å²) in [5.74, 6) is -1.24. The molecule has 0 saturated carbocycles. The van der Waals surface area contributed by atoms with Crippen LogP contribution in [0.4, 0.5) is 5.69 Å². The Bertz CT molecular complexity index is 486. The Morgan fingerprint density at radius 1 is 1.32 bits per heavy atom. The van der Waals surface area contributed by atoms with Crippen LogP contribution < -0.4 is 5.73 Å². The zero-order valence-corrected chi connectivity index (χ0v) is 13.9. The van der Waals surface area contributed by atoms with E-state index in [1.54, 1.807) is 18.2 Å². The van der Waals surface area contributed by atoms with Crippen molar-refractivity contribution in [3.8, 4) is 0 Å². The lowest BCUT2D eigenvalue weighted by Crippen LogP contribution is -2.27. The highest BCUT2D eigenvalue weighted by molar-refractivity contribution is 6.33. The number of nitrogen functional groups attached to an aromatic ring is 1. The van der Waals surface area contributed by atoms with E-state index in [-0.39, 0.29) is 0 Å². The van der Waals surface area contributed by atoms with Crippen LogP contribution >= 0.6 is 11.6 Å². The van der Waals surface area contributed by atoms with Crippen molar-refractivity contribution in [2.45, 2.75) is 20.8 Å². The fraction of sp³-hybridized carbons (Fsp3) is 0.467. The standard InChI is InChI=1S/C13H19ClN2O2.C2H4O2/c1-3-16(4-2)7-8-18-13(17)11-6-5-10(15)9-12(11)14;1-2(3)4/h5-6,9H,3-4,7-8,15H2,1-2H3;1H3,(H,3,4). The number of carbonyl (C=O) groups excluding carboxylic acids is 1. The van der Waals surface area contributed by atoms with E-state index in [1.807, 2.05) is 0 Å². The van der Waals surface area contributed by atoms with Crippen molar-refractivity contribution in [1.82, 2.24) is 4.90 Å². The number of nitrogens with zero attached hydrogens (tertiary/aromatic N) is 1. The van der Waals surface area contributed by atoms with Gasteiger partial charge in [-0.1, -0.05) is 25.4 Å². The lowest BCUT2D eigenvalue weighted by atomic mass is 10.2. The predicted octanol–water partition coefficient (Wildman–Crippen LogP) is 2.51. The number of rotatable bonds is 6. The number of nitrogens with two attached hydrogens (primary N) is 1. The molecule has 22 heavy (non-hydrogen) atoms. The molecule has 1 aromatic carbocycles. The van der Waals surface area contributed by atoms with Gasteiger partial charge in [0.15, 0.2) is 0 Å². The molecule has 0 heterocycles. The van der Waals surface area contributed by atoms with Gasteiger partial charge in [-0.25, -0.2) is 4.79 Å². The van der Waals surface area contributed by atoms with Gasteiger partial charge >= 0.3 is 5.97 Å². The topological polar surface area (TPSA) is 92.9 Å². The first-order valence-electron chi connectivity index (χ1n) is 6.95. The third-order valence-electron chi connectivity index (χ3n) is 2.75. The Kier molecular flexibility index (Phi) is 9.98. The van der Waals surface area contributed by atoms with Gasteiger partial charge in [0.1, 0.15) is 6.61 Å². The summed E-state index contributed by atoms with van der Waals surface area (Å²) in [4.78, 5) is 22.9. The molecule has 0 unspecified atom stereocenters. The second-order valence-corrected chi connectivity index (χ2v) is 4.83. The monoisotopic (exact) mass is 330 g/mol. The zero-order valence-electron chi connectivity index (χ0n) is 13.1. The molecule has 0 aliphatic heterocycles. The van der Waals surface area contributed by atoms with Crippen molar-refractivity contribution >= 4 is 29.2 Å². The number of carboxylic acids is 1. The van der Waals surface area contributed by atoms with Crippen molar-refractivity contribution in [2.24, 2.45) is 0 Å². The van der Waals surface area contributed by atoms with Gasteiger partial charge in [-0.2, -0.15) is 0 Å². The smallest absolute Gasteiger partial charge is 0.339 e. The summed E-state index contributed by atoms with van der Waals surface area (Å²) in [6, 6.07) is 4.76. The molecule has 0 bridgehead atoms. The van der Waals surface area contributed by atoms with E-state index < -0.39 is 11.9 Å². The zero-order chi connectivity index (χ0) is 17.1. The average Bonchev–Trinajstić information content (AvgIpc) is 2.42. The van der Waals surface area contributed by atoms with Crippen molar-refractivity contribution in [3.63, 3.8) is 0 Å². The number of esters is 1. The largest absolute Gasteiger partial charge is 0.481 e. The maximum atomic E-state index is 11.8. The fourth-order valence-corrected chi connectivity index (χ4v) is 1.85. The molecule has 0 atom stereocenters. The normalized spacial score (nSPS) is 9.86. The summed E-state index contributed by atoms with van der Waals surface area (Å²) in [7, 11) is 0. The predicted molar refractivity (Wildman–Crippen MR) is 87.2 cm³/mol. The number of ether oxygens (including phenoxy) is 1. The van der Waals surface area contributed by atoms with Crippen molar-refractivity contribution < 1.29 is 19.4 Å². The van der Waals surface area contributed by atoms with Crippen LogP contribution in [-0.2, 0) is 9.53 Å². The molecule has 1 rings (SSSR count). The molecular formula is C15H23ClN2O4. The van der Waals surface area contributed by atoms with Gasteiger partial charge in [0.05, 0.1) is 10.6 Å². The minimum absolute atomic E-state index is 0.322. The summed E-state index contributed by atoms with van der Waals surface area (Å²) >= 11 is 5.93. The van der Waals surface area contributed by atoms with Gasteiger partial charge < -0.3 is 20.5 Å². The Morgan fingerprint density at radius 3 is 2.32 bits per heavy atom. The van der Waals surface area contributed by atoms with Gasteiger partial charge in [0.25, 0.3) is 5.97 Å². The number of carbonyl (C=O) groups is 2. The molecular weight excluding hydrogens is 308 g/mol. The quantitative estimate of drug-likeness (QED) is 0.615. The summed E-state index contributed by atoms with van der Waals surface area (Å²) in [5.41, 5.74) is 6.44. The lowest BCUT2D eigenvalue weighted by molar-refractivity contribution is -0.134. The van der Waals surface area contributed by atoms with Crippen LogP contribution in [0.1, 0.15) is 31.1 Å². The summed E-state index contributed by atoms with van der Waals surface area (Å²) in [6.07, 6.45) is 0. The van der Waals surface area contributed by atoms with Gasteiger partial charge in [-0.05, 0) is 31.3 Å². The summed E-state index contributed by atoms with van der Waals surface area (Å²) < 4.78 is 5.18. The SMILES string of the molecule is CC(=O)O.CCN(CC)CCOC(=O)c1ccc(N)cc1Cl. The van der Waals surface area contributed by atoms with Crippen LogP contribution in [0.15, 0.2) is 18.2 Å². The van der Waals surface area contributed by atoms with Gasteiger partial charge in [-0.3, -0.25) is 4.79 Å². The molecule has 0 aliphatic rings. The first-order chi connectivity index (χ1) is 10.3. The van der Waals surface area contributed by atoms with E-state index in [0.29, 0.717) is 22.9 Å². The van der Waals surface area contributed by atoms with Gasteiger partial charge in [-0.15, -0.1) is 0 Å². The number of carboxylic acid groups (broad SMARTS) is 1. The van der Waals surface area contributed by atoms with Crippen LogP contribution in [0.25, 0.3) is 0 Å². The first kappa shape index (κ1) is 20.2. The van der Waals surface area contributed by atoms with Crippen LogP contribution in [0, 0.1) is 0 Å². The van der Waals surface area contributed by atoms with Crippen LogP contribution in [0.3, 0.4) is 0 Å². The number of halogens is 1. The van der Waals surface area contributed by atoms with E-state index >= 15 is 0 Å². The van der Waals surface area contributed by atoms with E-state index in [0.717, 1.165) is 26.6 Å². The Morgan fingerprint density at radius 2 is 1.86 bits per heavy atom. The maximum Gasteiger partial charge on any atom is 0.339 e. The number of aliphatic carboxylic acids is 1. The van der Waals surface area contributed by atoms with E-state index in [2.05, 4.69) is 18.7 Å². The van der Waals surface area contributed by atoms with Crippen molar-refractivity contribution in [3.05, 3.63) is 28.8 Å². The molecule has 0 amide bonds. The van der Waals surface area contributed by atoms with Gasteiger partial charge in [0, 0.05) is 19.2 Å². The highest BCUT2D eigenvalue weighted by Crippen LogP contribution is 2.19. The van der Waals surface area contributed by atoms with Crippen LogP contribution in [0.2, 0.25) is 5.02 Å². The molecule has 0 spiro atoms. The third-order valence-corrected chi connectivity index (χ3v) is 3.06. The number of hydrogen-bond acceptors (Lipinski definition) is 5. The number of likely N-dealkylation sites (N-methyl/N-ethyl adjacent to an activating group) is 1. The van der Waals surface area contributed by atoms with E-state index in [4.69, 9.17) is 32.0 Å². The fourth-order valence-electron chi connectivity index (χ4n) is 1.58. The second-order valence-electron chi connectivity index (χ2n) is 4.42. The van der Waals surface area contributed by atoms with Crippen molar-refractivity contribution in [1.29, 1.82) is 0 Å². The van der Waals surface area contributed by atoms with Crippen LogP contribution in [0.5, 0.6) is 0 Å². The Hall–Kier alpha value is -1.79. The molecule has 3 N–H and O–H groups in total. The minimum atomic E-state index is -0.833. The molecule has 124 valence electrons. The molecule has 0 fully saturated rings. The Balaban J connectivity index is 0.000000980. The summed E-state index contributed by atoms with van der Waals surface area (Å²) in [6.45, 7) is 8.20. The van der Waals surface area contributed by atoms with E-state index in [1.165, 1.54) is 0 Å². The highest BCUT2D eigenvalue weighted by atomic mass is 35.5. The summed E-state index contributed by atoms with van der Waals surface area (Å²) in [5, 5.41) is 7.74. The molecule has 1 aromatic rings. The number of anilines is 1. The Labute approximate surface area is 135 Å². The minimum Gasteiger partial charge on any atom is -0.481 e. The van der Waals surface area contributed by atoms with Crippen LogP contribution in [-0.4, -0.2) is 48.2 Å². The van der Waals surface area contributed by atoms with Crippen molar-refractivity contribution in [2.75, 3.05) is 32.0 Å². The maximum absolute atomic E-state index is 11.8.